The maximum absolute atomic E-state index is 13.5. The van der Waals surface area contributed by atoms with E-state index in [1.807, 2.05) is 17.0 Å². The second-order valence-corrected chi connectivity index (χ2v) is 10.9. The molecule has 7 heteroatoms. The standard InChI is InChI=1S/C27H40N4O3/c1-34-24-12-2-18(3-13-24)17-31(22-10-11-22)23-14-15-30(27(33)19-4-5-19)25(16-23)26(32)29-21-8-6-20(28)7-9-21/h2-3,12-13,19-23,25H,4-11,14-17,28H2,1H3,(H,29,32)/t20?,21?,23?,25-/m1/s1. The summed E-state index contributed by atoms with van der Waals surface area (Å²) in [6.07, 6.45) is 9.83. The number of nitrogens with zero attached hydrogens (tertiary/aromatic N) is 2. The summed E-state index contributed by atoms with van der Waals surface area (Å²) in [7, 11) is 1.69. The van der Waals surface area contributed by atoms with Gasteiger partial charge in [-0.15, -0.1) is 0 Å². The number of methoxy groups -OCH3 is 1. The van der Waals surface area contributed by atoms with E-state index >= 15 is 0 Å². The minimum atomic E-state index is -0.362. The number of hydrogen-bond acceptors (Lipinski definition) is 5. The molecule has 3 saturated carbocycles. The maximum atomic E-state index is 13.5. The second-order valence-electron chi connectivity index (χ2n) is 10.9. The van der Waals surface area contributed by atoms with Crippen LogP contribution in [0.4, 0.5) is 0 Å². The van der Waals surface area contributed by atoms with Crippen LogP contribution in [0.25, 0.3) is 0 Å². The highest BCUT2D eigenvalue weighted by atomic mass is 16.5. The van der Waals surface area contributed by atoms with Gasteiger partial charge in [-0.1, -0.05) is 12.1 Å². The molecular weight excluding hydrogens is 428 g/mol. The maximum Gasteiger partial charge on any atom is 0.243 e. The number of carbonyl (C=O) groups is 2. The first-order valence-electron chi connectivity index (χ1n) is 13.3. The van der Waals surface area contributed by atoms with E-state index in [-0.39, 0.29) is 35.9 Å². The molecule has 0 radical (unpaired) electrons. The van der Waals surface area contributed by atoms with E-state index in [1.54, 1.807) is 7.11 Å². The number of ether oxygens (including phenoxy) is 1. The average Bonchev–Trinajstić information content (AvgIpc) is 3.77. The largest absolute Gasteiger partial charge is 0.497 e. The molecule has 3 aliphatic carbocycles. The predicted octanol–water partition coefficient (Wildman–Crippen LogP) is 2.82. The Labute approximate surface area is 203 Å². The van der Waals surface area contributed by atoms with E-state index < -0.39 is 0 Å². The molecule has 0 bridgehead atoms. The molecule has 3 N–H and O–H groups in total. The molecule has 1 aliphatic heterocycles. The van der Waals surface area contributed by atoms with E-state index in [9.17, 15) is 9.59 Å². The Bertz CT molecular complexity index is 859. The number of piperidine rings is 1. The Morgan fingerprint density at radius 1 is 1.00 bits per heavy atom. The van der Waals surface area contributed by atoms with E-state index in [0.29, 0.717) is 18.6 Å². The van der Waals surface area contributed by atoms with Crippen LogP contribution in [0.15, 0.2) is 24.3 Å². The molecule has 1 aromatic rings. The second kappa shape index (κ2) is 10.2. The molecule has 4 aliphatic rings. The van der Waals surface area contributed by atoms with Crippen LogP contribution in [0, 0.1) is 5.92 Å². The highest BCUT2D eigenvalue weighted by molar-refractivity contribution is 5.89. The lowest BCUT2D eigenvalue weighted by Gasteiger charge is -2.43. The number of benzene rings is 1. The Morgan fingerprint density at radius 3 is 2.32 bits per heavy atom. The zero-order chi connectivity index (χ0) is 23.7. The lowest BCUT2D eigenvalue weighted by atomic mass is 9.90. The average molecular weight is 469 g/mol. The molecule has 34 heavy (non-hydrogen) atoms. The molecule has 1 aromatic carbocycles. The molecule has 0 spiro atoms. The van der Waals surface area contributed by atoms with Gasteiger partial charge in [0.25, 0.3) is 0 Å². The molecule has 7 nitrogen and oxygen atoms in total. The third kappa shape index (κ3) is 5.57. The molecule has 1 saturated heterocycles. The fourth-order valence-electron chi connectivity index (χ4n) is 5.79. The molecule has 4 fully saturated rings. The molecule has 2 amide bonds. The highest BCUT2D eigenvalue weighted by Gasteiger charge is 2.45. The lowest BCUT2D eigenvalue weighted by molar-refractivity contribution is -0.145. The first kappa shape index (κ1) is 23.6. The Kier molecular flexibility index (Phi) is 7.11. The summed E-state index contributed by atoms with van der Waals surface area (Å²) in [5.74, 6) is 1.24. The van der Waals surface area contributed by atoms with Crippen molar-refractivity contribution in [3.8, 4) is 5.75 Å². The number of amides is 2. The SMILES string of the molecule is COc1ccc(CN(C2CC2)C2CCN(C(=O)C3CC3)[C@@H](C(=O)NC3CCC(N)CC3)C2)cc1. The number of nitrogens with one attached hydrogen (secondary N) is 1. The first-order chi connectivity index (χ1) is 16.5. The van der Waals surface area contributed by atoms with Crippen LogP contribution in [-0.4, -0.2) is 65.5 Å². The van der Waals surface area contributed by atoms with Crippen molar-refractivity contribution in [3.05, 3.63) is 29.8 Å². The summed E-state index contributed by atoms with van der Waals surface area (Å²) in [6, 6.07) is 9.28. The van der Waals surface area contributed by atoms with Gasteiger partial charge in [0.05, 0.1) is 7.11 Å². The van der Waals surface area contributed by atoms with Gasteiger partial charge in [-0.25, -0.2) is 0 Å². The molecule has 1 heterocycles. The summed E-state index contributed by atoms with van der Waals surface area (Å²) in [5, 5.41) is 3.30. The van der Waals surface area contributed by atoms with Crippen molar-refractivity contribution in [1.29, 1.82) is 0 Å². The van der Waals surface area contributed by atoms with Crippen molar-refractivity contribution < 1.29 is 14.3 Å². The van der Waals surface area contributed by atoms with Crippen molar-refractivity contribution in [1.82, 2.24) is 15.1 Å². The number of carbonyl (C=O) groups excluding carboxylic acids is 2. The first-order valence-corrected chi connectivity index (χ1v) is 13.3. The van der Waals surface area contributed by atoms with Gasteiger partial charge in [-0.2, -0.15) is 0 Å². The van der Waals surface area contributed by atoms with Crippen molar-refractivity contribution in [2.24, 2.45) is 11.7 Å². The van der Waals surface area contributed by atoms with Crippen molar-refractivity contribution in [3.63, 3.8) is 0 Å². The van der Waals surface area contributed by atoms with Gasteiger partial charge in [0.15, 0.2) is 0 Å². The quantitative estimate of drug-likeness (QED) is 0.613. The molecule has 186 valence electrons. The summed E-state index contributed by atoms with van der Waals surface area (Å²) < 4.78 is 5.31. The van der Waals surface area contributed by atoms with Gasteiger partial charge in [0.1, 0.15) is 11.8 Å². The zero-order valence-electron chi connectivity index (χ0n) is 20.5. The van der Waals surface area contributed by atoms with Gasteiger partial charge in [0, 0.05) is 43.2 Å². The highest BCUT2D eigenvalue weighted by Crippen LogP contribution is 2.37. The fourth-order valence-corrected chi connectivity index (χ4v) is 5.79. The minimum Gasteiger partial charge on any atom is -0.497 e. The summed E-state index contributed by atoms with van der Waals surface area (Å²) >= 11 is 0. The number of hydrogen-bond donors (Lipinski definition) is 2. The minimum absolute atomic E-state index is 0.0411. The van der Waals surface area contributed by atoms with Crippen molar-refractivity contribution >= 4 is 11.8 Å². The normalized spacial score (nSPS) is 29.7. The summed E-state index contributed by atoms with van der Waals surface area (Å²) in [5.41, 5.74) is 7.33. The number of rotatable bonds is 8. The fraction of sp³-hybridized carbons (Fsp3) is 0.704. The van der Waals surface area contributed by atoms with E-state index in [1.165, 1.54) is 18.4 Å². The topological polar surface area (TPSA) is 87.9 Å². The predicted molar refractivity (Wildman–Crippen MR) is 131 cm³/mol. The van der Waals surface area contributed by atoms with Crippen LogP contribution in [-0.2, 0) is 16.1 Å². The van der Waals surface area contributed by atoms with Crippen LogP contribution in [0.5, 0.6) is 5.75 Å². The molecule has 0 aromatic heterocycles. The Balaban J connectivity index is 1.29. The van der Waals surface area contributed by atoms with Gasteiger partial charge in [-0.05, 0) is 81.9 Å². The third-order valence-electron chi connectivity index (χ3n) is 8.21. The smallest absolute Gasteiger partial charge is 0.243 e. The van der Waals surface area contributed by atoms with Gasteiger partial charge >= 0.3 is 0 Å². The molecule has 5 rings (SSSR count). The zero-order valence-corrected chi connectivity index (χ0v) is 20.5. The van der Waals surface area contributed by atoms with E-state index in [0.717, 1.165) is 63.7 Å². The van der Waals surface area contributed by atoms with Crippen molar-refractivity contribution in [2.45, 2.75) is 101 Å². The molecule has 1 unspecified atom stereocenters. The van der Waals surface area contributed by atoms with Gasteiger partial charge in [-0.3, -0.25) is 14.5 Å². The van der Waals surface area contributed by atoms with E-state index in [4.69, 9.17) is 10.5 Å². The van der Waals surface area contributed by atoms with Crippen LogP contribution in [0.2, 0.25) is 0 Å². The van der Waals surface area contributed by atoms with Crippen LogP contribution < -0.4 is 15.8 Å². The van der Waals surface area contributed by atoms with Gasteiger partial charge in [0.2, 0.25) is 11.8 Å². The van der Waals surface area contributed by atoms with Crippen LogP contribution in [0.3, 0.4) is 0 Å². The number of nitrogens with two attached hydrogens (primary N) is 1. The monoisotopic (exact) mass is 468 g/mol. The number of likely N-dealkylation sites (tertiary alicyclic amines) is 1. The Morgan fingerprint density at radius 2 is 1.71 bits per heavy atom. The third-order valence-corrected chi connectivity index (χ3v) is 8.21. The Hall–Kier alpha value is -2.12. The summed E-state index contributed by atoms with van der Waals surface area (Å²) in [6.45, 7) is 1.56. The van der Waals surface area contributed by atoms with Crippen LogP contribution >= 0.6 is 0 Å². The summed E-state index contributed by atoms with van der Waals surface area (Å²) in [4.78, 5) is 31.1. The lowest BCUT2D eigenvalue weighted by Crippen LogP contribution is -2.59. The van der Waals surface area contributed by atoms with Crippen LogP contribution in [0.1, 0.15) is 69.8 Å². The van der Waals surface area contributed by atoms with Gasteiger partial charge < -0.3 is 20.7 Å². The molecule has 2 atom stereocenters. The molecular formula is C27H40N4O3. The van der Waals surface area contributed by atoms with E-state index in [2.05, 4.69) is 22.3 Å². The van der Waals surface area contributed by atoms with Crippen molar-refractivity contribution in [2.75, 3.05) is 13.7 Å².